The molecule has 0 aromatic heterocycles. The van der Waals surface area contributed by atoms with Gasteiger partial charge in [-0.25, -0.2) is 4.79 Å². The van der Waals surface area contributed by atoms with Crippen molar-refractivity contribution in [3.63, 3.8) is 0 Å². The predicted octanol–water partition coefficient (Wildman–Crippen LogP) is 3.35. The first-order chi connectivity index (χ1) is 8.45. The van der Waals surface area contributed by atoms with E-state index in [2.05, 4.69) is 15.0 Å². The lowest BCUT2D eigenvalue weighted by atomic mass is 10.1. The molecule has 0 aliphatic rings. The van der Waals surface area contributed by atoms with Crippen molar-refractivity contribution in [2.24, 2.45) is 10.2 Å². The van der Waals surface area contributed by atoms with Gasteiger partial charge in [-0.15, -0.1) is 10.2 Å². The highest BCUT2D eigenvalue weighted by Crippen LogP contribution is 2.21. The smallest absolute Gasteiger partial charge is 0.362 e. The molecular formula is C13H16N2O3. The lowest BCUT2D eigenvalue weighted by Crippen LogP contribution is -2.04. The van der Waals surface area contributed by atoms with Crippen LogP contribution >= 0.6 is 0 Å². The zero-order valence-electron chi connectivity index (χ0n) is 10.9. The van der Waals surface area contributed by atoms with Gasteiger partial charge < -0.3 is 9.84 Å². The minimum atomic E-state index is -0.719. The average Bonchev–Trinajstić information content (AvgIpc) is 2.31. The Labute approximate surface area is 106 Å². The van der Waals surface area contributed by atoms with E-state index in [4.69, 9.17) is 0 Å². The molecule has 96 valence electrons. The van der Waals surface area contributed by atoms with E-state index >= 15 is 0 Å². The summed E-state index contributed by atoms with van der Waals surface area (Å²) >= 11 is 0. The fourth-order valence-electron chi connectivity index (χ4n) is 1.38. The molecule has 0 saturated heterocycles. The molecule has 0 aliphatic heterocycles. The third-order valence-electron chi connectivity index (χ3n) is 2.33. The van der Waals surface area contributed by atoms with Crippen molar-refractivity contribution in [1.82, 2.24) is 0 Å². The summed E-state index contributed by atoms with van der Waals surface area (Å²) < 4.78 is 4.50. The van der Waals surface area contributed by atoms with E-state index in [9.17, 15) is 9.90 Å². The number of azo groups is 1. The van der Waals surface area contributed by atoms with E-state index in [-0.39, 0.29) is 11.5 Å². The number of hydrogen-bond acceptors (Lipinski definition) is 5. The van der Waals surface area contributed by atoms with Gasteiger partial charge in [-0.3, -0.25) is 0 Å². The summed E-state index contributed by atoms with van der Waals surface area (Å²) in [5, 5.41) is 17.0. The summed E-state index contributed by atoms with van der Waals surface area (Å²) in [6.07, 6.45) is 0. The largest absolute Gasteiger partial charge is 0.510 e. The maximum atomic E-state index is 11.3. The fourth-order valence-corrected chi connectivity index (χ4v) is 1.38. The number of allylic oxidation sites excluding steroid dienone is 1. The van der Waals surface area contributed by atoms with E-state index < -0.39 is 5.97 Å². The van der Waals surface area contributed by atoms with Crippen molar-refractivity contribution >= 4 is 11.7 Å². The van der Waals surface area contributed by atoms with E-state index in [1.54, 1.807) is 6.07 Å². The summed E-state index contributed by atoms with van der Waals surface area (Å²) in [5.74, 6) is -0.945. The Balaban J connectivity index is 3.05. The van der Waals surface area contributed by atoms with Gasteiger partial charge in [-0.1, -0.05) is 17.7 Å². The van der Waals surface area contributed by atoms with Crippen LogP contribution in [0.25, 0.3) is 0 Å². The van der Waals surface area contributed by atoms with Gasteiger partial charge in [0.05, 0.1) is 12.8 Å². The molecule has 0 spiro atoms. The van der Waals surface area contributed by atoms with Gasteiger partial charge in [-0.05, 0) is 32.4 Å². The minimum Gasteiger partial charge on any atom is -0.510 e. The number of nitrogens with zero attached hydrogens (tertiary/aromatic N) is 2. The zero-order valence-corrected chi connectivity index (χ0v) is 10.9. The van der Waals surface area contributed by atoms with Crippen molar-refractivity contribution in [2.45, 2.75) is 20.8 Å². The van der Waals surface area contributed by atoms with Crippen molar-refractivity contribution in [3.8, 4) is 0 Å². The van der Waals surface area contributed by atoms with Gasteiger partial charge in [0.15, 0.2) is 0 Å². The number of aliphatic hydroxyl groups excluding tert-OH is 1. The van der Waals surface area contributed by atoms with Crippen LogP contribution in [-0.2, 0) is 9.53 Å². The third-order valence-corrected chi connectivity index (χ3v) is 2.33. The molecule has 1 N–H and O–H groups in total. The molecule has 0 atom stereocenters. The van der Waals surface area contributed by atoms with Crippen LogP contribution in [0.5, 0.6) is 0 Å². The summed E-state index contributed by atoms with van der Waals surface area (Å²) in [5.41, 5.74) is 2.51. The van der Waals surface area contributed by atoms with Crippen LogP contribution in [0.3, 0.4) is 0 Å². The average molecular weight is 248 g/mol. The van der Waals surface area contributed by atoms with Crippen molar-refractivity contribution in [1.29, 1.82) is 0 Å². The maximum Gasteiger partial charge on any atom is 0.362 e. The number of aryl methyl sites for hydroxylation is 2. The quantitative estimate of drug-likeness (QED) is 0.386. The van der Waals surface area contributed by atoms with Crippen LogP contribution in [0, 0.1) is 13.8 Å². The van der Waals surface area contributed by atoms with Crippen LogP contribution in [0.15, 0.2) is 39.9 Å². The van der Waals surface area contributed by atoms with Gasteiger partial charge in [0.25, 0.3) is 0 Å². The molecule has 0 aliphatic carbocycles. The third kappa shape index (κ3) is 3.41. The highest BCUT2D eigenvalue weighted by atomic mass is 16.5. The van der Waals surface area contributed by atoms with Crippen LogP contribution in [0.2, 0.25) is 0 Å². The molecule has 18 heavy (non-hydrogen) atoms. The Morgan fingerprint density at radius 3 is 2.50 bits per heavy atom. The first-order valence-electron chi connectivity index (χ1n) is 5.43. The van der Waals surface area contributed by atoms with Crippen molar-refractivity contribution < 1.29 is 14.6 Å². The molecule has 0 fully saturated rings. The second kappa shape index (κ2) is 5.95. The number of aliphatic hydroxyl groups is 1. The van der Waals surface area contributed by atoms with Gasteiger partial charge in [-0.2, -0.15) is 0 Å². The van der Waals surface area contributed by atoms with Gasteiger partial charge in [0, 0.05) is 0 Å². The molecule has 5 nitrogen and oxygen atoms in total. The van der Waals surface area contributed by atoms with Crippen LogP contribution in [0.1, 0.15) is 18.1 Å². The molecule has 1 rings (SSSR count). The van der Waals surface area contributed by atoms with E-state index in [1.165, 1.54) is 14.0 Å². The number of carbonyl (C=O) groups is 1. The second-order valence-corrected chi connectivity index (χ2v) is 3.92. The Morgan fingerprint density at radius 2 is 2.00 bits per heavy atom. The Hall–Kier alpha value is -2.17. The van der Waals surface area contributed by atoms with E-state index in [1.807, 2.05) is 26.0 Å². The number of methoxy groups -OCH3 is 1. The van der Waals surface area contributed by atoms with Gasteiger partial charge in [0.2, 0.25) is 5.70 Å². The Kier molecular flexibility index (Phi) is 4.59. The summed E-state index contributed by atoms with van der Waals surface area (Å²) in [6.45, 7) is 5.23. The number of ether oxygens (including phenoxy) is 1. The minimum absolute atomic E-state index is 0.197. The molecule has 1 aromatic carbocycles. The fraction of sp³-hybridized carbons (Fsp3) is 0.308. The lowest BCUT2D eigenvalue weighted by Gasteiger charge is -2.02. The molecule has 0 amide bonds. The number of rotatable bonds is 3. The molecule has 5 heteroatoms. The Morgan fingerprint density at radius 1 is 1.33 bits per heavy atom. The number of carbonyl (C=O) groups excluding carboxylic acids is 1. The summed E-state index contributed by atoms with van der Waals surface area (Å²) in [4.78, 5) is 11.3. The van der Waals surface area contributed by atoms with Crippen LogP contribution < -0.4 is 0 Å². The highest BCUT2D eigenvalue weighted by molar-refractivity contribution is 5.88. The lowest BCUT2D eigenvalue weighted by molar-refractivity contribution is -0.136. The SMILES string of the molecule is COC(=O)/C(N=Nc1ccc(C)cc1C)=C(\C)O. The Bertz CT molecular complexity index is 515. The van der Waals surface area contributed by atoms with Gasteiger partial charge >= 0.3 is 5.97 Å². The predicted molar refractivity (Wildman–Crippen MR) is 67.8 cm³/mol. The van der Waals surface area contributed by atoms with E-state index in [0.717, 1.165) is 11.1 Å². The number of hydrogen-bond donors (Lipinski definition) is 1. The summed E-state index contributed by atoms with van der Waals surface area (Å²) in [7, 11) is 1.22. The molecule has 0 radical (unpaired) electrons. The molecule has 0 saturated carbocycles. The summed E-state index contributed by atoms with van der Waals surface area (Å²) in [6, 6.07) is 5.66. The van der Waals surface area contributed by atoms with E-state index in [0.29, 0.717) is 5.69 Å². The monoisotopic (exact) mass is 248 g/mol. The standard InChI is InChI=1S/C13H16N2O3/c1-8-5-6-11(9(2)7-8)14-15-12(10(3)16)13(17)18-4/h5-7,16H,1-4H3/b12-10-,15-14?. The normalized spacial score (nSPS) is 12.4. The molecular weight excluding hydrogens is 232 g/mol. The van der Waals surface area contributed by atoms with Crippen molar-refractivity contribution in [2.75, 3.05) is 7.11 Å². The van der Waals surface area contributed by atoms with Crippen molar-refractivity contribution in [3.05, 3.63) is 40.8 Å². The second-order valence-electron chi connectivity index (χ2n) is 3.92. The molecule has 1 aromatic rings. The molecule has 0 heterocycles. The molecule has 0 unspecified atom stereocenters. The number of esters is 1. The van der Waals surface area contributed by atoms with Gasteiger partial charge in [0.1, 0.15) is 5.76 Å². The first kappa shape index (κ1) is 13.9. The molecule has 0 bridgehead atoms. The topological polar surface area (TPSA) is 71.2 Å². The van der Waals surface area contributed by atoms with Crippen LogP contribution in [-0.4, -0.2) is 18.2 Å². The highest BCUT2D eigenvalue weighted by Gasteiger charge is 2.12. The maximum absolute atomic E-state index is 11.3. The number of benzene rings is 1. The van der Waals surface area contributed by atoms with Crippen LogP contribution in [0.4, 0.5) is 5.69 Å². The zero-order chi connectivity index (χ0) is 13.7. The first-order valence-corrected chi connectivity index (χ1v) is 5.43.